The van der Waals surface area contributed by atoms with Gasteiger partial charge in [0.1, 0.15) is 0 Å². The van der Waals surface area contributed by atoms with Gasteiger partial charge in [0.25, 0.3) is 0 Å². The second-order valence-electron chi connectivity index (χ2n) is 5.18. The average Bonchev–Trinajstić information content (AvgIpc) is 2.43. The maximum absolute atomic E-state index is 11.3. The molecule has 2 rings (SSSR count). The summed E-state index contributed by atoms with van der Waals surface area (Å²) >= 11 is 0. The molecule has 15 heavy (non-hydrogen) atoms. The molecule has 2 unspecified atom stereocenters. The minimum atomic E-state index is -2.70. The quantitative estimate of drug-likeness (QED) is 0.791. The Bertz CT molecular complexity index is 309. The zero-order chi connectivity index (χ0) is 10.9. The van der Waals surface area contributed by atoms with E-state index in [0.29, 0.717) is 29.4 Å². The van der Waals surface area contributed by atoms with E-state index in [9.17, 15) is 8.42 Å². The van der Waals surface area contributed by atoms with Crippen molar-refractivity contribution in [2.75, 3.05) is 18.1 Å². The molecule has 0 spiro atoms. The van der Waals surface area contributed by atoms with Crippen LogP contribution in [-0.2, 0) is 9.84 Å². The first-order valence-corrected chi connectivity index (χ1v) is 7.83. The number of hydrogen-bond donors (Lipinski definition) is 1. The van der Waals surface area contributed by atoms with Crippen LogP contribution >= 0.6 is 0 Å². The highest BCUT2D eigenvalue weighted by atomic mass is 32.2. The first-order chi connectivity index (χ1) is 7.07. The van der Waals surface area contributed by atoms with Crippen molar-refractivity contribution >= 4 is 9.84 Å². The van der Waals surface area contributed by atoms with E-state index in [2.05, 4.69) is 12.2 Å². The molecule has 88 valence electrons. The average molecular weight is 231 g/mol. The fourth-order valence-electron chi connectivity index (χ4n) is 2.40. The normalized spacial score (nSPS) is 32.5. The van der Waals surface area contributed by atoms with E-state index in [1.54, 1.807) is 0 Å². The Kier molecular flexibility index (Phi) is 3.36. The smallest absolute Gasteiger partial charge is 0.150 e. The predicted molar refractivity (Wildman–Crippen MR) is 61.6 cm³/mol. The van der Waals surface area contributed by atoms with Gasteiger partial charge in [-0.2, -0.15) is 0 Å². The fraction of sp³-hybridized carbons (Fsp3) is 1.00. The minimum absolute atomic E-state index is 0.391. The van der Waals surface area contributed by atoms with E-state index in [1.165, 1.54) is 19.3 Å². The van der Waals surface area contributed by atoms with Gasteiger partial charge in [-0.05, 0) is 37.6 Å². The van der Waals surface area contributed by atoms with E-state index >= 15 is 0 Å². The third-order valence-corrected chi connectivity index (χ3v) is 5.70. The van der Waals surface area contributed by atoms with Crippen LogP contribution in [0.4, 0.5) is 0 Å². The molecule has 2 aliphatic rings. The van der Waals surface area contributed by atoms with Crippen molar-refractivity contribution in [3.63, 3.8) is 0 Å². The number of nitrogens with one attached hydrogen (secondary N) is 1. The lowest BCUT2D eigenvalue weighted by Gasteiger charge is -2.29. The minimum Gasteiger partial charge on any atom is -0.314 e. The molecule has 1 N–H and O–H groups in total. The van der Waals surface area contributed by atoms with Crippen molar-refractivity contribution < 1.29 is 8.42 Å². The topological polar surface area (TPSA) is 46.2 Å². The van der Waals surface area contributed by atoms with Crippen molar-refractivity contribution in [3.8, 4) is 0 Å². The van der Waals surface area contributed by atoms with Gasteiger partial charge in [-0.3, -0.25) is 0 Å². The molecule has 0 aromatic rings. The summed E-state index contributed by atoms with van der Waals surface area (Å²) in [6.07, 6.45) is 4.82. The largest absolute Gasteiger partial charge is 0.314 e. The monoisotopic (exact) mass is 231 g/mol. The Morgan fingerprint density at radius 1 is 1.33 bits per heavy atom. The van der Waals surface area contributed by atoms with E-state index in [0.717, 1.165) is 13.0 Å². The Labute approximate surface area is 92.6 Å². The third kappa shape index (κ3) is 2.94. The summed E-state index contributed by atoms with van der Waals surface area (Å²) in [5, 5.41) is 3.53. The third-order valence-electron chi connectivity index (χ3n) is 3.91. The van der Waals surface area contributed by atoms with Gasteiger partial charge in [-0.1, -0.05) is 13.3 Å². The lowest BCUT2D eigenvalue weighted by atomic mass is 9.90. The zero-order valence-corrected chi connectivity index (χ0v) is 10.2. The molecule has 2 fully saturated rings. The highest BCUT2D eigenvalue weighted by molar-refractivity contribution is 7.91. The van der Waals surface area contributed by atoms with Crippen LogP contribution in [0.3, 0.4) is 0 Å². The van der Waals surface area contributed by atoms with Gasteiger partial charge in [-0.25, -0.2) is 8.42 Å². The number of hydrogen-bond acceptors (Lipinski definition) is 3. The molecule has 0 amide bonds. The SMILES string of the molecule is CC(CNC1CCC1)C1CCS(=O)(=O)C1. The van der Waals surface area contributed by atoms with Crippen molar-refractivity contribution in [1.29, 1.82) is 0 Å². The molecule has 1 aliphatic heterocycles. The van der Waals surface area contributed by atoms with Crippen molar-refractivity contribution in [2.24, 2.45) is 11.8 Å². The number of rotatable bonds is 4. The molecular formula is C11H21NO2S. The number of sulfone groups is 1. The van der Waals surface area contributed by atoms with Gasteiger partial charge in [-0.15, -0.1) is 0 Å². The van der Waals surface area contributed by atoms with E-state index in [-0.39, 0.29) is 0 Å². The van der Waals surface area contributed by atoms with E-state index < -0.39 is 9.84 Å². The van der Waals surface area contributed by atoms with Crippen LogP contribution in [0.5, 0.6) is 0 Å². The summed E-state index contributed by atoms with van der Waals surface area (Å²) in [5.41, 5.74) is 0. The van der Waals surface area contributed by atoms with Gasteiger partial charge in [0, 0.05) is 6.04 Å². The van der Waals surface area contributed by atoms with Crippen molar-refractivity contribution in [3.05, 3.63) is 0 Å². The summed E-state index contributed by atoms with van der Waals surface area (Å²) in [7, 11) is -2.70. The highest BCUT2D eigenvalue weighted by Crippen LogP contribution is 2.26. The second kappa shape index (κ2) is 4.42. The van der Waals surface area contributed by atoms with Gasteiger partial charge in [0.15, 0.2) is 9.84 Å². The molecule has 3 nitrogen and oxygen atoms in total. The zero-order valence-electron chi connectivity index (χ0n) is 9.41. The van der Waals surface area contributed by atoms with Crippen LogP contribution in [0, 0.1) is 11.8 Å². The summed E-state index contributed by atoms with van der Waals surface area (Å²) in [5.74, 6) is 1.72. The van der Waals surface area contributed by atoms with E-state index in [4.69, 9.17) is 0 Å². The molecule has 0 aromatic carbocycles. The summed E-state index contributed by atoms with van der Waals surface area (Å²) < 4.78 is 22.7. The van der Waals surface area contributed by atoms with Crippen molar-refractivity contribution in [1.82, 2.24) is 5.32 Å². The molecule has 1 saturated heterocycles. The van der Waals surface area contributed by atoms with Crippen LogP contribution < -0.4 is 5.32 Å². The van der Waals surface area contributed by atoms with E-state index in [1.807, 2.05) is 0 Å². The molecular weight excluding hydrogens is 210 g/mol. The maximum atomic E-state index is 11.3. The summed E-state index contributed by atoms with van der Waals surface area (Å²) in [4.78, 5) is 0. The van der Waals surface area contributed by atoms with Gasteiger partial charge in [0.2, 0.25) is 0 Å². The molecule has 0 radical (unpaired) electrons. The van der Waals surface area contributed by atoms with Crippen LogP contribution in [0.25, 0.3) is 0 Å². The first kappa shape index (κ1) is 11.4. The van der Waals surface area contributed by atoms with Crippen LogP contribution in [0.15, 0.2) is 0 Å². The molecule has 2 atom stereocenters. The summed E-state index contributed by atoms with van der Waals surface area (Å²) in [6.45, 7) is 3.17. The lowest BCUT2D eigenvalue weighted by Crippen LogP contribution is -2.39. The Morgan fingerprint density at radius 2 is 2.07 bits per heavy atom. The highest BCUT2D eigenvalue weighted by Gasteiger charge is 2.31. The van der Waals surface area contributed by atoms with Gasteiger partial charge in [0.05, 0.1) is 11.5 Å². The Hall–Kier alpha value is -0.0900. The molecule has 1 saturated carbocycles. The van der Waals surface area contributed by atoms with Crippen LogP contribution in [-0.4, -0.2) is 32.5 Å². The Balaban J connectivity index is 1.73. The maximum Gasteiger partial charge on any atom is 0.150 e. The molecule has 1 aliphatic carbocycles. The first-order valence-electron chi connectivity index (χ1n) is 6.00. The molecule has 4 heteroatoms. The summed E-state index contributed by atoms with van der Waals surface area (Å²) in [6, 6.07) is 0.713. The predicted octanol–water partition coefficient (Wildman–Crippen LogP) is 1.20. The Morgan fingerprint density at radius 3 is 2.53 bits per heavy atom. The van der Waals surface area contributed by atoms with Crippen molar-refractivity contribution in [2.45, 2.75) is 38.6 Å². The standard InChI is InChI=1S/C11H21NO2S/c1-9(7-12-11-3-2-4-11)10-5-6-15(13,14)8-10/h9-12H,2-8H2,1H3. The fourth-order valence-corrected chi connectivity index (χ4v) is 4.38. The second-order valence-corrected chi connectivity index (χ2v) is 7.41. The molecule has 0 aromatic heterocycles. The molecule has 1 heterocycles. The van der Waals surface area contributed by atoms with Crippen LogP contribution in [0.1, 0.15) is 32.6 Å². The van der Waals surface area contributed by atoms with Crippen LogP contribution in [0.2, 0.25) is 0 Å². The van der Waals surface area contributed by atoms with Gasteiger partial charge >= 0.3 is 0 Å². The van der Waals surface area contributed by atoms with Gasteiger partial charge < -0.3 is 5.32 Å². The molecule has 0 bridgehead atoms. The lowest BCUT2D eigenvalue weighted by molar-refractivity contribution is 0.292.